The predicted molar refractivity (Wildman–Crippen MR) is 53.7 cm³/mol. The van der Waals surface area contributed by atoms with Crippen LogP contribution in [-0.2, 0) is 4.74 Å². The van der Waals surface area contributed by atoms with Gasteiger partial charge in [-0.2, -0.15) is 11.8 Å². The fourth-order valence-electron chi connectivity index (χ4n) is 2.70. The van der Waals surface area contributed by atoms with Crippen molar-refractivity contribution < 1.29 is 4.74 Å². The van der Waals surface area contributed by atoms with Crippen molar-refractivity contribution in [3.63, 3.8) is 0 Å². The zero-order valence-electron chi connectivity index (χ0n) is 7.91. The quantitative estimate of drug-likeness (QED) is 0.572. The first kappa shape index (κ1) is 8.95. The van der Waals surface area contributed by atoms with E-state index in [1.807, 2.05) is 11.8 Å². The first-order chi connectivity index (χ1) is 5.62. The van der Waals surface area contributed by atoms with Crippen molar-refractivity contribution in [3.8, 4) is 0 Å². The van der Waals surface area contributed by atoms with Crippen molar-refractivity contribution in [3.05, 3.63) is 0 Å². The molecule has 12 heavy (non-hydrogen) atoms. The summed E-state index contributed by atoms with van der Waals surface area (Å²) in [6.07, 6.45) is 1.09. The summed E-state index contributed by atoms with van der Waals surface area (Å²) in [5, 5.41) is 1.14. The highest BCUT2D eigenvalue weighted by Crippen LogP contribution is 2.56. The molecule has 2 heterocycles. The molecule has 0 aromatic rings. The van der Waals surface area contributed by atoms with Gasteiger partial charge in [-0.05, 0) is 12.3 Å². The van der Waals surface area contributed by atoms with Crippen LogP contribution < -0.4 is 0 Å². The molecule has 3 heteroatoms. The van der Waals surface area contributed by atoms with E-state index in [4.69, 9.17) is 12.6 Å². The normalized spacial score (nSPS) is 57.9. The Morgan fingerprint density at radius 1 is 1.50 bits per heavy atom. The second-order valence-electron chi connectivity index (χ2n) is 3.92. The van der Waals surface area contributed by atoms with Crippen LogP contribution in [0.4, 0.5) is 0 Å². The van der Waals surface area contributed by atoms with Gasteiger partial charge in [0.25, 0.3) is 0 Å². The first-order valence-electron chi connectivity index (χ1n) is 4.70. The van der Waals surface area contributed by atoms with Crippen molar-refractivity contribution in [1.29, 1.82) is 0 Å². The van der Waals surface area contributed by atoms with Crippen LogP contribution in [-0.4, -0.2) is 30.0 Å². The van der Waals surface area contributed by atoms with Crippen molar-refractivity contribution in [1.82, 2.24) is 0 Å². The van der Waals surface area contributed by atoms with Gasteiger partial charge in [-0.3, -0.25) is 0 Å². The van der Waals surface area contributed by atoms with Gasteiger partial charge >= 0.3 is 0 Å². The third-order valence-corrected chi connectivity index (χ3v) is 5.34. The Kier molecular flexibility index (Phi) is 2.00. The molecular formula is C9H15BOS. The SMILES string of the molecule is [B][C@@H]1O[C@]2(CC)C(C)SC1C2C. The van der Waals surface area contributed by atoms with E-state index in [0.29, 0.717) is 16.4 Å². The number of fused-ring (bicyclic) bond motifs is 2. The largest absolute Gasteiger partial charge is 0.379 e. The lowest BCUT2D eigenvalue weighted by Crippen LogP contribution is -2.41. The molecular weight excluding hydrogens is 167 g/mol. The smallest absolute Gasteiger partial charge is 0.110 e. The van der Waals surface area contributed by atoms with Crippen LogP contribution in [0.1, 0.15) is 27.2 Å². The highest BCUT2D eigenvalue weighted by atomic mass is 32.2. The molecule has 1 nitrogen and oxygen atoms in total. The molecule has 2 saturated heterocycles. The van der Waals surface area contributed by atoms with E-state index in [9.17, 15) is 0 Å². The van der Waals surface area contributed by atoms with Crippen LogP contribution in [0.5, 0.6) is 0 Å². The maximum Gasteiger partial charge on any atom is 0.110 e. The third-order valence-electron chi connectivity index (χ3n) is 3.54. The van der Waals surface area contributed by atoms with E-state index in [0.717, 1.165) is 6.42 Å². The Bertz CT molecular complexity index is 199. The first-order valence-corrected chi connectivity index (χ1v) is 5.65. The molecule has 2 fully saturated rings. The molecule has 2 aliphatic heterocycles. The van der Waals surface area contributed by atoms with Gasteiger partial charge in [-0.15, -0.1) is 0 Å². The summed E-state index contributed by atoms with van der Waals surface area (Å²) in [5.41, 5.74) is 0.0781. The number of hydrogen-bond acceptors (Lipinski definition) is 2. The summed E-state index contributed by atoms with van der Waals surface area (Å²) in [7, 11) is 5.89. The van der Waals surface area contributed by atoms with Crippen LogP contribution in [0.25, 0.3) is 0 Å². The summed E-state index contributed by atoms with van der Waals surface area (Å²) >= 11 is 2.00. The molecule has 2 bridgehead atoms. The van der Waals surface area contributed by atoms with Crippen molar-refractivity contribution in [2.45, 2.75) is 49.3 Å². The van der Waals surface area contributed by atoms with E-state index in [2.05, 4.69) is 20.8 Å². The topological polar surface area (TPSA) is 9.23 Å². The average Bonchev–Trinajstić information content (AvgIpc) is 2.41. The van der Waals surface area contributed by atoms with Gasteiger partial charge in [0.2, 0.25) is 0 Å². The minimum Gasteiger partial charge on any atom is -0.379 e. The van der Waals surface area contributed by atoms with Gasteiger partial charge in [0, 0.05) is 16.5 Å². The lowest BCUT2D eigenvalue weighted by molar-refractivity contribution is -0.0332. The van der Waals surface area contributed by atoms with Crippen LogP contribution in [0.2, 0.25) is 0 Å². The van der Waals surface area contributed by atoms with E-state index >= 15 is 0 Å². The maximum absolute atomic E-state index is 5.89. The summed E-state index contributed by atoms with van der Waals surface area (Å²) in [6, 6.07) is -0.0267. The highest BCUT2D eigenvalue weighted by Gasteiger charge is 2.59. The molecule has 0 aromatic heterocycles. The Labute approximate surface area is 80.0 Å². The second-order valence-corrected chi connectivity index (χ2v) is 5.45. The predicted octanol–water partition coefficient (Wildman–Crippen LogP) is 1.80. The van der Waals surface area contributed by atoms with Crippen LogP contribution in [0.3, 0.4) is 0 Å². The molecule has 0 saturated carbocycles. The van der Waals surface area contributed by atoms with E-state index in [1.54, 1.807) is 0 Å². The molecule has 2 radical (unpaired) electrons. The van der Waals surface area contributed by atoms with Crippen molar-refractivity contribution >= 4 is 19.6 Å². The summed E-state index contributed by atoms with van der Waals surface area (Å²) in [5.74, 6) is 0.623. The summed E-state index contributed by atoms with van der Waals surface area (Å²) < 4.78 is 5.88. The lowest BCUT2D eigenvalue weighted by Gasteiger charge is -2.35. The molecule has 2 rings (SSSR count). The van der Waals surface area contributed by atoms with Gasteiger partial charge in [0.1, 0.15) is 7.85 Å². The van der Waals surface area contributed by atoms with Crippen molar-refractivity contribution in [2.75, 3.05) is 0 Å². The number of thioether (sulfide) groups is 1. The lowest BCUT2D eigenvalue weighted by atomic mass is 9.82. The zero-order chi connectivity index (χ0) is 8.93. The van der Waals surface area contributed by atoms with Crippen molar-refractivity contribution in [2.24, 2.45) is 5.92 Å². The zero-order valence-corrected chi connectivity index (χ0v) is 8.73. The monoisotopic (exact) mass is 182 g/mol. The Morgan fingerprint density at radius 3 is 2.50 bits per heavy atom. The van der Waals surface area contributed by atoms with E-state index in [1.165, 1.54) is 0 Å². The van der Waals surface area contributed by atoms with E-state index in [-0.39, 0.29) is 11.6 Å². The Hall–Kier alpha value is 0.375. The average molecular weight is 182 g/mol. The second kappa shape index (κ2) is 2.68. The molecule has 0 spiro atoms. The summed E-state index contributed by atoms with van der Waals surface area (Å²) in [4.78, 5) is 0. The molecule has 2 aliphatic rings. The number of rotatable bonds is 1. The molecule has 5 atom stereocenters. The molecule has 0 aromatic carbocycles. The summed E-state index contributed by atoms with van der Waals surface area (Å²) in [6.45, 7) is 6.74. The molecule has 3 unspecified atom stereocenters. The van der Waals surface area contributed by atoms with Crippen LogP contribution >= 0.6 is 11.8 Å². The van der Waals surface area contributed by atoms with Crippen LogP contribution in [0, 0.1) is 5.92 Å². The standard InChI is InChI=1S/C9H15BOS/c1-4-9-5(2)7(8(10)11-9)12-6(9)3/h5-8H,4H2,1-3H3/t5?,6?,7?,8-,9+/m1/s1. The minimum absolute atomic E-state index is 0.0267. The van der Waals surface area contributed by atoms with Gasteiger partial charge in [-0.1, -0.05) is 20.8 Å². The van der Waals surface area contributed by atoms with Gasteiger partial charge in [0.05, 0.1) is 5.60 Å². The van der Waals surface area contributed by atoms with Crippen LogP contribution in [0.15, 0.2) is 0 Å². The molecule has 0 N–H and O–H groups in total. The molecule has 66 valence electrons. The van der Waals surface area contributed by atoms with Gasteiger partial charge in [-0.25, -0.2) is 0 Å². The molecule has 0 aliphatic carbocycles. The Morgan fingerprint density at radius 2 is 2.17 bits per heavy atom. The third kappa shape index (κ3) is 0.870. The Balaban J connectivity index is 2.30. The fraction of sp³-hybridized carbons (Fsp3) is 1.00. The van der Waals surface area contributed by atoms with Gasteiger partial charge < -0.3 is 4.74 Å². The number of ether oxygens (including phenoxy) is 1. The van der Waals surface area contributed by atoms with Gasteiger partial charge in [0.15, 0.2) is 0 Å². The van der Waals surface area contributed by atoms with E-state index < -0.39 is 0 Å². The molecule has 0 amide bonds. The fourth-order valence-corrected chi connectivity index (χ4v) is 4.51. The highest BCUT2D eigenvalue weighted by molar-refractivity contribution is 8.01. The minimum atomic E-state index is -0.0267. The number of hydrogen-bond donors (Lipinski definition) is 0. The maximum atomic E-state index is 5.89.